The van der Waals surface area contributed by atoms with E-state index in [0.29, 0.717) is 0 Å². The third-order valence-electron chi connectivity index (χ3n) is 2.25. The summed E-state index contributed by atoms with van der Waals surface area (Å²) in [4.78, 5) is 0. The van der Waals surface area contributed by atoms with Gasteiger partial charge in [-0.05, 0) is 0 Å². The molecule has 0 N–H and O–H groups in total. The van der Waals surface area contributed by atoms with Crippen molar-refractivity contribution in [3.63, 3.8) is 0 Å². The van der Waals surface area contributed by atoms with Gasteiger partial charge in [0.2, 0.25) is 0 Å². The van der Waals surface area contributed by atoms with Gasteiger partial charge in [-0.3, -0.25) is 0 Å². The molecule has 0 unspecified atom stereocenters. The molecule has 0 saturated heterocycles. The summed E-state index contributed by atoms with van der Waals surface area (Å²) in [6.45, 7) is 4.61. The van der Waals surface area contributed by atoms with Crippen molar-refractivity contribution in [3.8, 4) is 0 Å². The van der Waals surface area contributed by atoms with Crippen molar-refractivity contribution in [3.05, 3.63) is 30.3 Å². The van der Waals surface area contributed by atoms with E-state index in [2.05, 4.69) is 57.6 Å². The molecule has 0 aliphatic rings. The molecule has 1 aromatic rings. The molecule has 0 amide bonds. The normalized spacial score (nSPS) is 11.5. The Morgan fingerprint density at radius 3 is 2.00 bits per heavy atom. The first-order chi connectivity index (χ1) is 5.73. The predicted octanol–water partition coefficient (Wildman–Crippen LogP) is 2.05. The van der Waals surface area contributed by atoms with E-state index in [1.807, 2.05) is 0 Å². The van der Waals surface area contributed by atoms with Crippen molar-refractivity contribution >= 4 is 28.9 Å². The van der Waals surface area contributed by atoms with Gasteiger partial charge in [-0.15, -0.1) is 0 Å². The van der Waals surface area contributed by atoms with Gasteiger partial charge in [-0.25, -0.2) is 0 Å². The Morgan fingerprint density at radius 2 is 1.58 bits per heavy atom. The molecule has 1 aromatic carbocycles. The molecule has 0 atom stereocenters. The van der Waals surface area contributed by atoms with Crippen LogP contribution in [0.1, 0.15) is 13.8 Å². The summed E-state index contributed by atoms with van der Waals surface area (Å²) in [7, 11) is 0. The summed E-state index contributed by atoms with van der Waals surface area (Å²) in [5.74, 6) is 0. The SMILES string of the molecule is CC[As](=[Se])(CC)c1ccccc1. The predicted molar refractivity (Wildman–Crippen MR) is 58.5 cm³/mol. The molecule has 0 heterocycles. The quantitative estimate of drug-likeness (QED) is 0.747. The molecule has 0 fully saturated rings. The summed E-state index contributed by atoms with van der Waals surface area (Å²) in [6.07, 6.45) is 0. The van der Waals surface area contributed by atoms with E-state index in [1.54, 1.807) is 4.35 Å². The molecule has 1 rings (SSSR count). The van der Waals surface area contributed by atoms with E-state index < -0.39 is 11.1 Å². The van der Waals surface area contributed by atoms with Gasteiger partial charge in [0.05, 0.1) is 0 Å². The zero-order valence-electron chi connectivity index (χ0n) is 7.66. The summed E-state index contributed by atoms with van der Waals surface area (Å²) < 4.78 is 1.58. The summed E-state index contributed by atoms with van der Waals surface area (Å²) in [5.41, 5.74) is 0. The van der Waals surface area contributed by atoms with Gasteiger partial charge in [0.25, 0.3) is 0 Å². The summed E-state index contributed by atoms with van der Waals surface area (Å²) in [6, 6.07) is 10.9. The number of hydrogen-bond acceptors (Lipinski definition) is 0. The third-order valence-corrected chi connectivity index (χ3v) is 17.1. The van der Waals surface area contributed by atoms with Gasteiger partial charge in [-0.1, -0.05) is 0 Å². The molecule has 0 spiro atoms. The molecule has 0 nitrogen and oxygen atoms in total. The molecule has 0 aliphatic heterocycles. The number of benzene rings is 1. The first kappa shape index (κ1) is 10.4. The Kier molecular flexibility index (Phi) is 3.90. The molecule has 2 heteroatoms. The van der Waals surface area contributed by atoms with Crippen molar-refractivity contribution in [1.82, 2.24) is 0 Å². The van der Waals surface area contributed by atoms with Crippen LogP contribution in [0.15, 0.2) is 30.3 Å². The Labute approximate surface area is 83.4 Å². The second-order valence-corrected chi connectivity index (χ2v) is 17.9. The summed E-state index contributed by atoms with van der Waals surface area (Å²) in [5, 5.41) is 2.66. The molecule has 0 saturated carbocycles. The van der Waals surface area contributed by atoms with E-state index in [4.69, 9.17) is 0 Å². The topological polar surface area (TPSA) is 0 Å². The van der Waals surface area contributed by atoms with Gasteiger partial charge < -0.3 is 0 Å². The fraction of sp³-hybridized carbons (Fsp3) is 0.400. The minimum absolute atomic E-state index is 1.33. The van der Waals surface area contributed by atoms with Crippen LogP contribution < -0.4 is 4.35 Å². The van der Waals surface area contributed by atoms with Crippen molar-refractivity contribution in [1.29, 1.82) is 0 Å². The number of hydrogen-bond donors (Lipinski definition) is 0. The summed E-state index contributed by atoms with van der Waals surface area (Å²) >= 11 is 1.94. The average Bonchev–Trinajstić information content (AvgIpc) is 2.18. The molecule has 66 valence electrons. The van der Waals surface area contributed by atoms with Crippen LogP contribution in [0.5, 0.6) is 0 Å². The second-order valence-electron chi connectivity index (χ2n) is 2.86. The molecule has 0 aliphatic carbocycles. The van der Waals surface area contributed by atoms with Crippen molar-refractivity contribution in [2.24, 2.45) is 0 Å². The monoisotopic (exact) mass is 290 g/mol. The van der Waals surface area contributed by atoms with Gasteiger partial charge in [0.15, 0.2) is 0 Å². The average molecular weight is 289 g/mol. The van der Waals surface area contributed by atoms with Crippen LogP contribution in [0.25, 0.3) is 0 Å². The zero-order chi connectivity index (χ0) is 9.03. The van der Waals surface area contributed by atoms with Crippen molar-refractivity contribution < 1.29 is 0 Å². The third kappa shape index (κ3) is 2.16. The van der Waals surface area contributed by atoms with Crippen LogP contribution in [0.3, 0.4) is 0 Å². The van der Waals surface area contributed by atoms with E-state index in [1.165, 1.54) is 10.4 Å². The van der Waals surface area contributed by atoms with Crippen molar-refractivity contribution in [2.45, 2.75) is 24.3 Å². The van der Waals surface area contributed by atoms with Gasteiger partial charge in [-0.2, -0.15) is 0 Å². The molecule has 12 heavy (non-hydrogen) atoms. The van der Waals surface area contributed by atoms with E-state index in [-0.39, 0.29) is 0 Å². The molecule has 0 aromatic heterocycles. The van der Waals surface area contributed by atoms with Gasteiger partial charge in [0.1, 0.15) is 0 Å². The van der Waals surface area contributed by atoms with Gasteiger partial charge >= 0.3 is 83.5 Å². The van der Waals surface area contributed by atoms with Gasteiger partial charge in [0, 0.05) is 0 Å². The zero-order valence-corrected chi connectivity index (χ0v) is 11.2. The van der Waals surface area contributed by atoms with E-state index >= 15 is 0 Å². The maximum atomic E-state index is 3.48. The van der Waals surface area contributed by atoms with Crippen molar-refractivity contribution in [2.75, 3.05) is 0 Å². The molecular formula is C10H15AsSe. The molecule has 0 bridgehead atoms. The Morgan fingerprint density at radius 1 is 1.08 bits per heavy atom. The minimum atomic E-state index is -1.54. The number of rotatable bonds is 3. The fourth-order valence-electron chi connectivity index (χ4n) is 1.29. The Hall–Kier alpha value is 0.298. The van der Waals surface area contributed by atoms with E-state index in [0.717, 1.165) is 0 Å². The van der Waals surface area contributed by atoms with Crippen LogP contribution in [-0.2, 0) is 0 Å². The molecular weight excluding hydrogens is 274 g/mol. The van der Waals surface area contributed by atoms with Crippen LogP contribution in [0.4, 0.5) is 0 Å². The van der Waals surface area contributed by atoms with Crippen LogP contribution in [-0.4, -0.2) is 24.6 Å². The first-order valence-corrected chi connectivity index (χ1v) is 12.7. The van der Waals surface area contributed by atoms with Crippen LogP contribution in [0, 0.1) is 0 Å². The standard InChI is InChI=1S/C10H15AsSe/c1-3-11(12,4-2)10-8-6-5-7-9-10/h5-9H,3-4H2,1-2H3. The maximum absolute atomic E-state index is 3.48. The Balaban J connectivity index is 3.04. The molecule has 0 radical (unpaired) electrons. The second kappa shape index (κ2) is 4.51. The van der Waals surface area contributed by atoms with E-state index in [9.17, 15) is 0 Å². The van der Waals surface area contributed by atoms with Crippen LogP contribution >= 0.6 is 0 Å². The van der Waals surface area contributed by atoms with Crippen LogP contribution in [0.2, 0.25) is 10.4 Å². The first-order valence-electron chi connectivity index (χ1n) is 4.36. The Bertz CT molecular complexity index is 271. The fourth-order valence-corrected chi connectivity index (χ4v) is 6.59.